The molecule has 2 heterocycles. The second-order valence-electron chi connectivity index (χ2n) is 5.57. The van der Waals surface area contributed by atoms with E-state index in [4.69, 9.17) is 0 Å². The maximum absolute atomic E-state index is 10.6. The van der Waals surface area contributed by atoms with Crippen molar-refractivity contribution in [3.63, 3.8) is 0 Å². The fraction of sp³-hybridized carbons (Fsp3) is 0.118. The van der Waals surface area contributed by atoms with Crippen molar-refractivity contribution < 1.29 is 0 Å². The molecule has 0 unspecified atom stereocenters. The second-order valence-corrected chi connectivity index (χ2v) is 5.57. The number of rotatable bonds is 4. The van der Waals surface area contributed by atoms with Crippen molar-refractivity contribution in [2.75, 3.05) is 5.32 Å². The fourth-order valence-corrected chi connectivity index (χ4v) is 2.73. The predicted octanol–water partition coefficient (Wildman–Crippen LogP) is 3.82. The quantitative estimate of drug-likeness (QED) is 0.558. The number of aromatic amines is 1. The lowest BCUT2D eigenvalue weighted by molar-refractivity contribution is 1.04. The molecule has 0 saturated heterocycles. The third kappa shape index (κ3) is 2.45. The van der Waals surface area contributed by atoms with E-state index in [-0.39, 0.29) is 6.54 Å². The molecule has 118 valence electrons. The summed E-state index contributed by atoms with van der Waals surface area (Å²) in [6.07, 6.45) is 3.54. The van der Waals surface area contributed by atoms with Crippen LogP contribution in [-0.2, 0) is 6.54 Å². The minimum absolute atomic E-state index is 0.144. The molecule has 0 spiro atoms. The second kappa shape index (κ2) is 5.69. The Kier molecular flexibility index (Phi) is 3.38. The first-order chi connectivity index (χ1) is 11.7. The summed E-state index contributed by atoms with van der Waals surface area (Å²) in [6, 6.07) is 9.67. The molecule has 2 N–H and O–H groups in total. The van der Waals surface area contributed by atoms with Gasteiger partial charge in [-0.2, -0.15) is 10.0 Å². The highest BCUT2D eigenvalue weighted by Gasteiger charge is 2.08. The van der Waals surface area contributed by atoms with Crippen LogP contribution in [0.2, 0.25) is 0 Å². The number of aromatic nitrogens is 4. The van der Waals surface area contributed by atoms with Crippen molar-refractivity contribution in [3.8, 4) is 0 Å². The molecule has 2 aromatic heterocycles. The van der Waals surface area contributed by atoms with E-state index in [1.54, 1.807) is 12.4 Å². The average molecular weight is 318 g/mol. The van der Waals surface area contributed by atoms with Crippen molar-refractivity contribution in [2.24, 2.45) is 5.18 Å². The Morgan fingerprint density at radius 3 is 2.92 bits per heavy atom. The Balaban J connectivity index is 1.73. The van der Waals surface area contributed by atoms with Crippen LogP contribution in [0.1, 0.15) is 11.1 Å². The molecular weight excluding hydrogens is 304 g/mol. The smallest absolute Gasteiger partial charge is 0.227 e. The van der Waals surface area contributed by atoms with Crippen molar-refractivity contribution in [3.05, 3.63) is 58.8 Å². The van der Waals surface area contributed by atoms with Gasteiger partial charge in [0.2, 0.25) is 5.95 Å². The molecule has 4 rings (SSSR count). The van der Waals surface area contributed by atoms with Gasteiger partial charge in [0.15, 0.2) is 0 Å². The Hall–Kier alpha value is -3.35. The molecule has 2 aromatic carbocycles. The molecule has 7 nitrogen and oxygen atoms in total. The molecule has 7 heteroatoms. The number of nitrogens with zero attached hydrogens (tertiary/aromatic N) is 4. The monoisotopic (exact) mass is 318 g/mol. The SMILES string of the molecule is Cc1c(CN=O)ccc2cnc(Nc3ccc4cn[nH]c4c3)nc12. The predicted molar refractivity (Wildman–Crippen MR) is 93.2 cm³/mol. The number of aryl methyl sites for hydroxylation is 1. The van der Waals surface area contributed by atoms with E-state index in [0.29, 0.717) is 5.95 Å². The molecule has 0 saturated carbocycles. The van der Waals surface area contributed by atoms with Crippen LogP contribution in [0.4, 0.5) is 11.6 Å². The zero-order valence-corrected chi connectivity index (χ0v) is 12.9. The first-order valence-electron chi connectivity index (χ1n) is 7.49. The highest BCUT2D eigenvalue weighted by molar-refractivity contribution is 5.84. The number of anilines is 2. The van der Waals surface area contributed by atoms with Crippen LogP contribution in [0.25, 0.3) is 21.8 Å². The lowest BCUT2D eigenvalue weighted by Crippen LogP contribution is -1.99. The van der Waals surface area contributed by atoms with Crippen LogP contribution < -0.4 is 5.32 Å². The number of hydrogen-bond donors (Lipinski definition) is 2. The Bertz CT molecular complexity index is 1060. The zero-order chi connectivity index (χ0) is 16.5. The molecule has 0 aliphatic heterocycles. The molecule has 24 heavy (non-hydrogen) atoms. The Labute approximate surface area is 137 Å². The first kappa shape index (κ1) is 14.3. The Morgan fingerprint density at radius 2 is 2.04 bits per heavy atom. The lowest BCUT2D eigenvalue weighted by atomic mass is 10.1. The van der Waals surface area contributed by atoms with Crippen LogP contribution in [0.5, 0.6) is 0 Å². The van der Waals surface area contributed by atoms with Gasteiger partial charge in [-0.05, 0) is 36.2 Å². The summed E-state index contributed by atoms with van der Waals surface area (Å²) in [5.41, 5.74) is 4.45. The summed E-state index contributed by atoms with van der Waals surface area (Å²) < 4.78 is 0. The summed E-state index contributed by atoms with van der Waals surface area (Å²) >= 11 is 0. The minimum atomic E-state index is 0.144. The molecule has 0 atom stereocenters. The minimum Gasteiger partial charge on any atom is -0.324 e. The highest BCUT2D eigenvalue weighted by Crippen LogP contribution is 2.23. The number of hydrogen-bond acceptors (Lipinski definition) is 6. The molecule has 0 radical (unpaired) electrons. The molecule has 0 amide bonds. The van der Waals surface area contributed by atoms with Gasteiger partial charge in [-0.3, -0.25) is 5.10 Å². The van der Waals surface area contributed by atoms with E-state index in [2.05, 4.69) is 30.7 Å². The molecule has 4 aromatic rings. The number of nitrogens with one attached hydrogen (secondary N) is 2. The molecular formula is C17H14N6O. The molecule has 0 fully saturated rings. The lowest BCUT2D eigenvalue weighted by Gasteiger charge is -2.09. The topological polar surface area (TPSA) is 95.9 Å². The van der Waals surface area contributed by atoms with E-state index >= 15 is 0 Å². The van der Waals surface area contributed by atoms with Crippen molar-refractivity contribution >= 4 is 33.4 Å². The van der Waals surface area contributed by atoms with Gasteiger partial charge < -0.3 is 5.32 Å². The summed E-state index contributed by atoms with van der Waals surface area (Å²) in [7, 11) is 0. The van der Waals surface area contributed by atoms with Gasteiger partial charge in [0.1, 0.15) is 6.54 Å². The van der Waals surface area contributed by atoms with Crippen molar-refractivity contribution in [2.45, 2.75) is 13.5 Å². The van der Waals surface area contributed by atoms with Gasteiger partial charge >= 0.3 is 0 Å². The summed E-state index contributed by atoms with van der Waals surface area (Å²) in [6.45, 7) is 2.08. The molecule has 0 aliphatic rings. The van der Waals surface area contributed by atoms with E-state index in [1.807, 2.05) is 37.3 Å². The number of nitroso groups, excluding NO2 is 1. The van der Waals surface area contributed by atoms with Crippen LogP contribution in [0.3, 0.4) is 0 Å². The van der Waals surface area contributed by atoms with E-state index < -0.39 is 0 Å². The third-order valence-electron chi connectivity index (χ3n) is 4.05. The van der Waals surface area contributed by atoms with Gasteiger partial charge in [-0.25, -0.2) is 9.97 Å². The van der Waals surface area contributed by atoms with Crippen LogP contribution in [-0.4, -0.2) is 20.2 Å². The highest BCUT2D eigenvalue weighted by atomic mass is 16.3. The first-order valence-corrected chi connectivity index (χ1v) is 7.49. The Morgan fingerprint density at radius 1 is 1.17 bits per heavy atom. The largest absolute Gasteiger partial charge is 0.324 e. The van der Waals surface area contributed by atoms with Gasteiger partial charge in [-0.15, -0.1) is 0 Å². The maximum atomic E-state index is 10.6. The molecule has 0 aliphatic carbocycles. The normalized spacial score (nSPS) is 11.0. The zero-order valence-electron chi connectivity index (χ0n) is 12.9. The maximum Gasteiger partial charge on any atom is 0.227 e. The van der Waals surface area contributed by atoms with Crippen LogP contribution in [0.15, 0.2) is 47.9 Å². The van der Waals surface area contributed by atoms with Gasteiger partial charge in [0.25, 0.3) is 0 Å². The van der Waals surface area contributed by atoms with Gasteiger partial charge in [-0.1, -0.05) is 17.3 Å². The number of fused-ring (bicyclic) bond motifs is 2. The van der Waals surface area contributed by atoms with Crippen LogP contribution >= 0.6 is 0 Å². The third-order valence-corrected chi connectivity index (χ3v) is 4.05. The van der Waals surface area contributed by atoms with Crippen LogP contribution in [0, 0.1) is 11.8 Å². The van der Waals surface area contributed by atoms with Crippen molar-refractivity contribution in [1.29, 1.82) is 0 Å². The summed E-state index contributed by atoms with van der Waals surface area (Å²) in [5, 5.41) is 15.1. The average Bonchev–Trinajstić information content (AvgIpc) is 3.06. The van der Waals surface area contributed by atoms with E-state index in [0.717, 1.165) is 38.6 Å². The van der Waals surface area contributed by atoms with E-state index in [9.17, 15) is 4.91 Å². The standard InChI is InChI=1S/C17H14N6O/c1-10-11(9-20-24)2-3-13-7-18-17(22-16(10)13)21-14-5-4-12-8-19-23-15(12)6-14/h2-8H,9H2,1H3,(H,19,23)(H,18,21,22). The fourth-order valence-electron chi connectivity index (χ4n) is 2.73. The summed E-state index contributed by atoms with van der Waals surface area (Å²) in [4.78, 5) is 19.5. The summed E-state index contributed by atoms with van der Waals surface area (Å²) in [5.74, 6) is 0.501. The number of H-pyrrole nitrogens is 1. The van der Waals surface area contributed by atoms with Gasteiger partial charge in [0, 0.05) is 22.7 Å². The number of benzene rings is 2. The molecule has 0 bridgehead atoms. The van der Waals surface area contributed by atoms with E-state index in [1.165, 1.54) is 0 Å². The van der Waals surface area contributed by atoms with Gasteiger partial charge in [0.05, 0.1) is 17.2 Å². The van der Waals surface area contributed by atoms with Crippen molar-refractivity contribution in [1.82, 2.24) is 20.2 Å².